The number of ether oxygens (including phenoxy) is 2. The summed E-state index contributed by atoms with van der Waals surface area (Å²) in [6.07, 6.45) is 1.09. The molecule has 0 radical (unpaired) electrons. The highest BCUT2D eigenvalue weighted by Crippen LogP contribution is 2.30. The highest BCUT2D eigenvalue weighted by molar-refractivity contribution is 7.17. The average molecular weight is 498 g/mol. The number of hydrogen-bond acceptors (Lipinski definition) is 8. The van der Waals surface area contributed by atoms with E-state index in [0.29, 0.717) is 60.8 Å². The second-order valence-electron chi connectivity index (χ2n) is 8.42. The molecule has 1 saturated heterocycles. The molecule has 1 amide bonds. The van der Waals surface area contributed by atoms with Crippen molar-refractivity contribution in [1.82, 2.24) is 20.3 Å². The number of halogens is 1. The minimum absolute atomic E-state index is 0.188. The van der Waals surface area contributed by atoms with Crippen molar-refractivity contribution in [1.29, 1.82) is 0 Å². The first-order valence-corrected chi connectivity index (χ1v) is 12.5. The zero-order valence-corrected chi connectivity index (χ0v) is 21.3. The van der Waals surface area contributed by atoms with Crippen molar-refractivity contribution in [2.45, 2.75) is 59.6 Å². The van der Waals surface area contributed by atoms with E-state index >= 15 is 0 Å². The van der Waals surface area contributed by atoms with Crippen LogP contribution < -0.4 is 10.2 Å². The van der Waals surface area contributed by atoms with Gasteiger partial charge in [0, 0.05) is 19.7 Å². The van der Waals surface area contributed by atoms with Crippen molar-refractivity contribution in [3.05, 3.63) is 27.2 Å². The van der Waals surface area contributed by atoms with Gasteiger partial charge in [-0.2, -0.15) is 0 Å². The van der Waals surface area contributed by atoms with Crippen molar-refractivity contribution in [2.75, 3.05) is 31.2 Å². The number of anilines is 1. The molecule has 2 aromatic heterocycles. The highest BCUT2D eigenvalue weighted by atomic mass is 35.5. The number of piperidine rings is 1. The molecule has 182 valence electrons. The summed E-state index contributed by atoms with van der Waals surface area (Å²) < 4.78 is 11.3. The first-order chi connectivity index (χ1) is 15.7. The highest BCUT2D eigenvalue weighted by Gasteiger charge is 2.34. The molecule has 0 aliphatic carbocycles. The van der Waals surface area contributed by atoms with Gasteiger partial charge in [0.2, 0.25) is 0 Å². The Balaban J connectivity index is 1.73. The minimum Gasteiger partial charge on any atom is -0.462 e. The van der Waals surface area contributed by atoms with E-state index in [1.165, 1.54) is 11.3 Å². The second kappa shape index (κ2) is 11.3. The third-order valence-corrected chi connectivity index (χ3v) is 6.84. The predicted molar refractivity (Wildman–Crippen MR) is 128 cm³/mol. The van der Waals surface area contributed by atoms with Crippen LogP contribution in [-0.2, 0) is 15.9 Å². The molecule has 33 heavy (non-hydrogen) atoms. The lowest BCUT2D eigenvalue weighted by atomic mass is 10.0. The molecule has 11 heteroatoms. The molecule has 9 nitrogen and oxygen atoms in total. The van der Waals surface area contributed by atoms with Crippen LogP contribution in [0.15, 0.2) is 0 Å². The fourth-order valence-corrected chi connectivity index (χ4v) is 4.87. The Morgan fingerprint density at radius 1 is 1.33 bits per heavy atom. The third kappa shape index (κ3) is 6.24. The van der Waals surface area contributed by atoms with Crippen LogP contribution in [0.5, 0.6) is 0 Å². The van der Waals surface area contributed by atoms with Crippen LogP contribution in [0.3, 0.4) is 0 Å². The molecule has 3 heterocycles. The summed E-state index contributed by atoms with van der Waals surface area (Å²) in [5.41, 5.74) is 1.39. The Kier molecular flexibility index (Phi) is 8.72. The molecule has 0 aromatic carbocycles. The standard InChI is InChI=1S/C22H32ClN5O4S/c1-6-14-18(23)27-19(25-14)20(29)26-15-8-9-28(10-16(15)32-11-12(3)4)22-24-13(5)17(33-22)21(30)31-7-2/h12,15-16H,6-11H2,1-5H3,(H,25,27)(H,26,29)/t15-,16+/m0/s1. The summed E-state index contributed by atoms with van der Waals surface area (Å²) in [4.78, 5) is 39.4. The number of thiazole rings is 1. The first-order valence-electron chi connectivity index (χ1n) is 11.3. The number of aryl methyl sites for hydroxylation is 2. The zero-order valence-electron chi connectivity index (χ0n) is 19.7. The Morgan fingerprint density at radius 2 is 2.09 bits per heavy atom. The summed E-state index contributed by atoms with van der Waals surface area (Å²) in [6.45, 7) is 11.8. The van der Waals surface area contributed by atoms with Crippen molar-refractivity contribution >= 4 is 39.9 Å². The van der Waals surface area contributed by atoms with Crippen LogP contribution in [0.25, 0.3) is 0 Å². The van der Waals surface area contributed by atoms with E-state index in [9.17, 15) is 9.59 Å². The van der Waals surface area contributed by atoms with Gasteiger partial charge < -0.3 is 24.7 Å². The van der Waals surface area contributed by atoms with Crippen LogP contribution in [0, 0.1) is 12.8 Å². The summed E-state index contributed by atoms with van der Waals surface area (Å²) in [6, 6.07) is -0.188. The predicted octanol–water partition coefficient (Wildman–Crippen LogP) is 3.62. The summed E-state index contributed by atoms with van der Waals surface area (Å²) in [5.74, 6) is -0.0956. The maximum absolute atomic E-state index is 12.8. The van der Waals surface area contributed by atoms with Crippen LogP contribution >= 0.6 is 22.9 Å². The third-order valence-electron chi connectivity index (χ3n) is 5.33. The van der Waals surface area contributed by atoms with Gasteiger partial charge in [-0.1, -0.05) is 43.7 Å². The number of esters is 1. The fourth-order valence-electron chi connectivity index (χ4n) is 3.61. The molecule has 0 spiro atoms. The molecule has 3 rings (SSSR count). The van der Waals surface area contributed by atoms with E-state index in [1.54, 1.807) is 6.92 Å². The van der Waals surface area contributed by atoms with E-state index in [0.717, 1.165) is 10.8 Å². The van der Waals surface area contributed by atoms with Gasteiger partial charge in [0.05, 0.1) is 30.1 Å². The largest absolute Gasteiger partial charge is 0.462 e. The van der Waals surface area contributed by atoms with Crippen molar-refractivity contribution in [2.24, 2.45) is 5.92 Å². The van der Waals surface area contributed by atoms with Gasteiger partial charge in [0.15, 0.2) is 16.1 Å². The summed E-state index contributed by atoms with van der Waals surface area (Å²) >= 11 is 7.42. The molecular weight excluding hydrogens is 466 g/mol. The minimum atomic E-state index is -0.350. The number of carbonyl (C=O) groups excluding carboxylic acids is 2. The van der Waals surface area contributed by atoms with Crippen LogP contribution in [0.1, 0.15) is 65.8 Å². The van der Waals surface area contributed by atoms with Crippen LogP contribution in [0.4, 0.5) is 5.13 Å². The Hall–Kier alpha value is -2.17. The molecule has 0 bridgehead atoms. The number of carbonyl (C=O) groups is 2. The molecule has 0 saturated carbocycles. The first kappa shape index (κ1) is 25.5. The number of imidazole rings is 1. The van der Waals surface area contributed by atoms with E-state index in [2.05, 4.69) is 39.0 Å². The Bertz CT molecular complexity index is 976. The van der Waals surface area contributed by atoms with Gasteiger partial charge >= 0.3 is 5.97 Å². The fraction of sp³-hybridized carbons (Fsp3) is 0.636. The number of amides is 1. The SMILES string of the molecule is CCOC(=O)c1sc(N2CC[C@H](NC(=O)c3nc(Cl)c(CC)[nH]3)[C@H](OCC(C)C)C2)nc1C. The quantitative estimate of drug-likeness (QED) is 0.509. The van der Waals surface area contributed by atoms with E-state index in [-0.39, 0.29) is 29.8 Å². The number of H-pyrrole nitrogens is 1. The molecule has 2 atom stereocenters. The molecule has 1 fully saturated rings. The normalized spacial score (nSPS) is 18.6. The Labute approximate surface area is 203 Å². The molecule has 0 unspecified atom stereocenters. The van der Waals surface area contributed by atoms with Crippen LogP contribution in [0.2, 0.25) is 5.15 Å². The Morgan fingerprint density at radius 3 is 2.73 bits per heavy atom. The van der Waals surface area contributed by atoms with Gasteiger partial charge in [0.25, 0.3) is 5.91 Å². The zero-order chi connectivity index (χ0) is 24.1. The molecule has 1 aliphatic heterocycles. The summed E-state index contributed by atoms with van der Waals surface area (Å²) in [7, 11) is 0. The molecular formula is C22H32ClN5O4S. The second-order valence-corrected chi connectivity index (χ2v) is 9.76. The lowest BCUT2D eigenvalue weighted by molar-refractivity contribution is 0.00705. The van der Waals surface area contributed by atoms with Gasteiger partial charge in [-0.05, 0) is 32.6 Å². The average Bonchev–Trinajstić information content (AvgIpc) is 3.35. The maximum atomic E-state index is 12.8. The number of hydrogen-bond donors (Lipinski definition) is 2. The van der Waals surface area contributed by atoms with Gasteiger partial charge in [-0.3, -0.25) is 4.79 Å². The smallest absolute Gasteiger partial charge is 0.350 e. The maximum Gasteiger partial charge on any atom is 0.350 e. The monoisotopic (exact) mass is 497 g/mol. The molecule has 2 N–H and O–H groups in total. The van der Waals surface area contributed by atoms with Crippen molar-refractivity contribution < 1.29 is 19.1 Å². The van der Waals surface area contributed by atoms with Crippen LogP contribution in [-0.4, -0.2) is 65.3 Å². The van der Waals surface area contributed by atoms with Gasteiger partial charge in [-0.15, -0.1) is 0 Å². The lowest BCUT2D eigenvalue weighted by Crippen LogP contribution is -2.55. The van der Waals surface area contributed by atoms with E-state index in [1.807, 2.05) is 13.8 Å². The number of aromatic amines is 1. The topological polar surface area (TPSA) is 109 Å². The lowest BCUT2D eigenvalue weighted by Gasteiger charge is -2.38. The molecule has 2 aromatic rings. The number of nitrogens with zero attached hydrogens (tertiary/aromatic N) is 3. The number of aromatic nitrogens is 3. The van der Waals surface area contributed by atoms with Gasteiger partial charge in [0.1, 0.15) is 4.88 Å². The van der Waals surface area contributed by atoms with E-state index < -0.39 is 0 Å². The van der Waals surface area contributed by atoms with Crippen molar-refractivity contribution in [3.63, 3.8) is 0 Å². The molecule has 1 aliphatic rings. The number of nitrogens with one attached hydrogen (secondary N) is 2. The summed E-state index contributed by atoms with van der Waals surface area (Å²) in [5, 5.41) is 4.14. The number of rotatable bonds is 9. The van der Waals surface area contributed by atoms with Crippen molar-refractivity contribution in [3.8, 4) is 0 Å². The van der Waals surface area contributed by atoms with Gasteiger partial charge in [-0.25, -0.2) is 14.8 Å². The van der Waals surface area contributed by atoms with E-state index in [4.69, 9.17) is 21.1 Å².